The van der Waals surface area contributed by atoms with Gasteiger partial charge in [-0.15, -0.1) is 10.2 Å². The zero-order valence-corrected chi connectivity index (χ0v) is 16.1. The lowest BCUT2D eigenvalue weighted by atomic mass is 9.97. The maximum absolute atomic E-state index is 12.7. The number of hydrogen-bond donors (Lipinski definition) is 0. The number of piperidine rings is 1. The molecular weight excluding hydrogens is 358 g/mol. The lowest BCUT2D eigenvalue weighted by Crippen LogP contribution is -2.39. The molecule has 0 aromatic carbocycles. The molecule has 8 nitrogen and oxygen atoms in total. The number of carbonyl (C=O) groups is 1. The zero-order valence-electron chi connectivity index (χ0n) is 16.1. The summed E-state index contributed by atoms with van der Waals surface area (Å²) in [6.07, 6.45) is 4.63. The van der Waals surface area contributed by atoms with Crippen molar-refractivity contribution in [2.75, 3.05) is 13.1 Å². The molecule has 4 rings (SSSR count). The molecule has 4 heterocycles. The van der Waals surface area contributed by atoms with Crippen LogP contribution in [0.1, 0.15) is 48.1 Å². The molecule has 1 atom stereocenters. The molecule has 0 unspecified atom stereocenters. The minimum Gasteiger partial charge on any atom is -0.419 e. The lowest BCUT2D eigenvalue weighted by Gasteiger charge is -2.31. The first kappa shape index (κ1) is 18.3. The van der Waals surface area contributed by atoms with E-state index in [-0.39, 0.29) is 11.8 Å². The molecule has 1 aliphatic heterocycles. The first-order chi connectivity index (χ1) is 13.6. The van der Waals surface area contributed by atoms with Crippen LogP contribution in [0, 0.1) is 13.8 Å². The maximum Gasteiger partial charge on any atom is 0.266 e. The van der Waals surface area contributed by atoms with Gasteiger partial charge in [0.05, 0.1) is 11.6 Å². The standard InChI is InChI=1S/C20H23N5O3/c1-13-16(14(2)28-24-13)8-9-18(26)25-11-5-6-15(12-25)19-22-23-20(27-19)17-7-3-4-10-21-17/h3-4,7,10,15H,5-6,8-9,11-12H2,1-2H3/t15-/m1/s1. The van der Waals surface area contributed by atoms with Gasteiger partial charge in [-0.2, -0.15) is 0 Å². The van der Waals surface area contributed by atoms with E-state index >= 15 is 0 Å². The Morgan fingerprint density at radius 1 is 1.29 bits per heavy atom. The van der Waals surface area contributed by atoms with Gasteiger partial charge in [0.2, 0.25) is 11.8 Å². The van der Waals surface area contributed by atoms with Gasteiger partial charge in [-0.05, 0) is 45.2 Å². The summed E-state index contributed by atoms with van der Waals surface area (Å²) in [5.74, 6) is 1.96. The van der Waals surface area contributed by atoms with Gasteiger partial charge >= 0.3 is 0 Å². The SMILES string of the molecule is Cc1noc(C)c1CCC(=O)N1CCC[C@@H](c2nnc(-c3ccccn3)o2)C1. The summed E-state index contributed by atoms with van der Waals surface area (Å²) in [5, 5.41) is 12.3. The topological polar surface area (TPSA) is 98.2 Å². The predicted octanol–water partition coefficient (Wildman–Crippen LogP) is 3.08. The van der Waals surface area contributed by atoms with Crippen molar-refractivity contribution >= 4 is 5.91 Å². The van der Waals surface area contributed by atoms with Gasteiger partial charge in [0.15, 0.2) is 0 Å². The van der Waals surface area contributed by atoms with E-state index < -0.39 is 0 Å². The van der Waals surface area contributed by atoms with Gasteiger partial charge in [-0.25, -0.2) is 0 Å². The smallest absolute Gasteiger partial charge is 0.266 e. The molecular formula is C20H23N5O3. The summed E-state index contributed by atoms with van der Waals surface area (Å²) < 4.78 is 11.0. The zero-order chi connectivity index (χ0) is 19.5. The van der Waals surface area contributed by atoms with Gasteiger partial charge < -0.3 is 13.8 Å². The van der Waals surface area contributed by atoms with E-state index in [2.05, 4.69) is 20.3 Å². The summed E-state index contributed by atoms with van der Waals surface area (Å²) in [6, 6.07) is 5.56. The quantitative estimate of drug-likeness (QED) is 0.670. The predicted molar refractivity (Wildman–Crippen MR) is 100 cm³/mol. The Kier molecular flexibility index (Phi) is 5.18. The molecule has 0 aliphatic carbocycles. The number of nitrogens with zero attached hydrogens (tertiary/aromatic N) is 5. The Morgan fingerprint density at radius 3 is 2.93 bits per heavy atom. The number of aryl methyl sites for hydroxylation is 2. The van der Waals surface area contributed by atoms with Crippen molar-refractivity contribution in [1.29, 1.82) is 0 Å². The van der Waals surface area contributed by atoms with Crippen molar-refractivity contribution in [3.8, 4) is 11.6 Å². The number of rotatable bonds is 5. The fourth-order valence-corrected chi connectivity index (χ4v) is 3.65. The fraction of sp³-hybridized carbons (Fsp3) is 0.450. The summed E-state index contributed by atoms with van der Waals surface area (Å²) >= 11 is 0. The van der Waals surface area contributed by atoms with Gasteiger partial charge in [0.25, 0.3) is 5.89 Å². The maximum atomic E-state index is 12.7. The highest BCUT2D eigenvalue weighted by Gasteiger charge is 2.28. The van der Waals surface area contributed by atoms with Crippen LogP contribution in [-0.4, -0.2) is 44.2 Å². The molecule has 0 spiro atoms. The second-order valence-electron chi connectivity index (χ2n) is 7.14. The molecule has 8 heteroatoms. The Hall–Kier alpha value is -3.03. The first-order valence-corrected chi connectivity index (χ1v) is 9.56. The van der Waals surface area contributed by atoms with Crippen molar-refractivity contribution in [3.05, 3.63) is 47.3 Å². The Morgan fingerprint density at radius 2 is 2.18 bits per heavy atom. The Balaban J connectivity index is 1.39. The number of amides is 1. The average Bonchev–Trinajstić information content (AvgIpc) is 3.34. The Bertz CT molecular complexity index is 930. The second kappa shape index (κ2) is 7.92. The van der Waals surface area contributed by atoms with E-state index in [0.717, 1.165) is 36.4 Å². The van der Waals surface area contributed by atoms with E-state index in [1.807, 2.05) is 36.9 Å². The van der Waals surface area contributed by atoms with E-state index in [1.165, 1.54) is 0 Å². The van der Waals surface area contributed by atoms with Crippen molar-refractivity contribution in [2.45, 2.75) is 45.4 Å². The van der Waals surface area contributed by atoms with Crippen LogP contribution >= 0.6 is 0 Å². The van der Waals surface area contributed by atoms with E-state index in [4.69, 9.17) is 8.94 Å². The van der Waals surface area contributed by atoms with Crippen LogP contribution in [-0.2, 0) is 11.2 Å². The number of pyridine rings is 1. The molecule has 0 bridgehead atoms. The van der Waals surface area contributed by atoms with Crippen LogP contribution < -0.4 is 0 Å². The van der Waals surface area contributed by atoms with Crippen LogP contribution in [0.25, 0.3) is 11.6 Å². The third-order valence-corrected chi connectivity index (χ3v) is 5.22. The number of carbonyl (C=O) groups excluding carboxylic acids is 1. The lowest BCUT2D eigenvalue weighted by molar-refractivity contribution is -0.132. The highest BCUT2D eigenvalue weighted by Crippen LogP contribution is 2.28. The average molecular weight is 381 g/mol. The van der Waals surface area contributed by atoms with E-state index in [0.29, 0.717) is 36.9 Å². The van der Waals surface area contributed by atoms with Crippen LogP contribution in [0.5, 0.6) is 0 Å². The monoisotopic (exact) mass is 381 g/mol. The van der Waals surface area contributed by atoms with Crippen molar-refractivity contribution in [3.63, 3.8) is 0 Å². The van der Waals surface area contributed by atoms with Crippen LogP contribution in [0.4, 0.5) is 0 Å². The first-order valence-electron chi connectivity index (χ1n) is 9.56. The van der Waals surface area contributed by atoms with Gasteiger partial charge in [-0.1, -0.05) is 11.2 Å². The molecule has 0 radical (unpaired) electrons. The van der Waals surface area contributed by atoms with E-state index in [9.17, 15) is 4.79 Å². The molecule has 1 saturated heterocycles. The number of likely N-dealkylation sites (tertiary alicyclic amines) is 1. The number of aromatic nitrogens is 4. The van der Waals surface area contributed by atoms with Crippen LogP contribution in [0.3, 0.4) is 0 Å². The van der Waals surface area contributed by atoms with Gasteiger partial charge in [-0.3, -0.25) is 9.78 Å². The molecule has 28 heavy (non-hydrogen) atoms. The van der Waals surface area contributed by atoms with Gasteiger partial charge in [0, 0.05) is 31.3 Å². The molecule has 146 valence electrons. The normalized spacial score (nSPS) is 17.1. The molecule has 3 aromatic heterocycles. The van der Waals surface area contributed by atoms with Crippen molar-refractivity contribution < 1.29 is 13.7 Å². The van der Waals surface area contributed by atoms with Crippen LogP contribution in [0.2, 0.25) is 0 Å². The van der Waals surface area contributed by atoms with E-state index in [1.54, 1.807) is 6.20 Å². The molecule has 1 amide bonds. The summed E-state index contributed by atoms with van der Waals surface area (Å²) in [5.41, 5.74) is 2.54. The fourth-order valence-electron chi connectivity index (χ4n) is 3.65. The summed E-state index contributed by atoms with van der Waals surface area (Å²) in [7, 11) is 0. The highest BCUT2D eigenvalue weighted by molar-refractivity contribution is 5.76. The minimum absolute atomic E-state index is 0.0572. The second-order valence-corrected chi connectivity index (χ2v) is 7.14. The molecule has 1 fully saturated rings. The summed E-state index contributed by atoms with van der Waals surface area (Å²) in [4.78, 5) is 18.9. The molecule has 1 aliphatic rings. The summed E-state index contributed by atoms with van der Waals surface area (Å²) in [6.45, 7) is 5.15. The molecule has 3 aromatic rings. The highest BCUT2D eigenvalue weighted by atomic mass is 16.5. The largest absolute Gasteiger partial charge is 0.419 e. The van der Waals surface area contributed by atoms with Crippen LogP contribution in [0.15, 0.2) is 33.3 Å². The number of hydrogen-bond acceptors (Lipinski definition) is 7. The minimum atomic E-state index is 0.0572. The van der Waals surface area contributed by atoms with Crippen molar-refractivity contribution in [2.24, 2.45) is 0 Å². The van der Waals surface area contributed by atoms with Gasteiger partial charge in [0.1, 0.15) is 11.5 Å². The molecule has 0 N–H and O–H groups in total. The third kappa shape index (κ3) is 3.81. The molecule has 0 saturated carbocycles. The Labute approximate surface area is 162 Å². The van der Waals surface area contributed by atoms with Crippen molar-refractivity contribution in [1.82, 2.24) is 25.2 Å². The third-order valence-electron chi connectivity index (χ3n) is 5.22.